The smallest absolute Gasteiger partial charge is 0.242 e. The van der Waals surface area contributed by atoms with E-state index in [4.69, 9.17) is 0 Å². The molecule has 2 N–H and O–H groups in total. The second-order valence-corrected chi connectivity index (χ2v) is 5.64. The van der Waals surface area contributed by atoms with Crippen molar-refractivity contribution in [1.82, 2.24) is 10.6 Å². The summed E-state index contributed by atoms with van der Waals surface area (Å²) in [5, 5.41) is 5.34. The van der Waals surface area contributed by atoms with E-state index in [0.29, 0.717) is 18.6 Å². The van der Waals surface area contributed by atoms with Gasteiger partial charge in [0.25, 0.3) is 0 Å². The largest absolute Gasteiger partial charge is 0.357 e. The molecule has 0 bridgehead atoms. The van der Waals surface area contributed by atoms with Crippen LogP contribution in [0.1, 0.15) is 57.8 Å². The van der Waals surface area contributed by atoms with E-state index in [-0.39, 0.29) is 11.8 Å². The summed E-state index contributed by atoms with van der Waals surface area (Å²) in [5.74, 6) is 0.375. The Hall–Kier alpha value is -0.970. The molecule has 0 aromatic carbocycles. The molecule has 0 radical (unpaired) electrons. The molecule has 0 fully saturated rings. The van der Waals surface area contributed by atoms with Crippen LogP contribution in [0.4, 0.5) is 0 Å². The Balaban J connectivity index is 3.68. The average Bonchev–Trinajstić information content (AvgIpc) is 2.48. The van der Waals surface area contributed by atoms with Crippen LogP contribution in [0.3, 0.4) is 0 Å². The number of hydrogen-bond acceptors (Lipinski definition) is 3. The number of likely N-dealkylation sites (N-methyl/N-ethyl adjacent to an activating group) is 1. The van der Waals surface area contributed by atoms with Gasteiger partial charge in [0.05, 0.1) is 0 Å². The quantitative estimate of drug-likeness (QED) is 0.278. The van der Waals surface area contributed by atoms with Crippen LogP contribution in [0.15, 0.2) is 12.7 Å². The van der Waals surface area contributed by atoms with E-state index in [1.165, 1.54) is 25.7 Å². The van der Waals surface area contributed by atoms with E-state index in [9.17, 15) is 9.59 Å². The van der Waals surface area contributed by atoms with Crippen LogP contribution in [-0.2, 0) is 9.59 Å². The Morgan fingerprint density at radius 1 is 1.14 bits per heavy atom. The van der Waals surface area contributed by atoms with Crippen LogP contribution in [-0.4, -0.2) is 30.7 Å². The van der Waals surface area contributed by atoms with Crippen LogP contribution in [0, 0.1) is 0 Å². The zero-order valence-corrected chi connectivity index (χ0v) is 14.1. The standard InChI is InChI=1S/C16H30N2O2S/c1-3-4-5-6-7-8-9-10-11-15(19)18-14(12-13-21)16(20)17-2/h3,14,21H,1,4-13H2,2H3,(H,17,20)(H,18,19). The van der Waals surface area contributed by atoms with Crippen molar-refractivity contribution in [2.75, 3.05) is 12.8 Å². The average molecular weight is 314 g/mol. The molecule has 122 valence electrons. The molecule has 1 unspecified atom stereocenters. The monoisotopic (exact) mass is 314 g/mol. The second-order valence-electron chi connectivity index (χ2n) is 5.20. The molecule has 1 atom stereocenters. The SMILES string of the molecule is C=CCCCCCCCCC(=O)NC(CCS)C(=O)NC. The number of amides is 2. The fraction of sp³-hybridized carbons (Fsp3) is 0.750. The van der Waals surface area contributed by atoms with Crippen LogP contribution in [0.2, 0.25) is 0 Å². The van der Waals surface area contributed by atoms with Crippen molar-refractivity contribution in [1.29, 1.82) is 0 Å². The highest BCUT2D eigenvalue weighted by Gasteiger charge is 2.18. The topological polar surface area (TPSA) is 58.2 Å². The summed E-state index contributed by atoms with van der Waals surface area (Å²) < 4.78 is 0. The Morgan fingerprint density at radius 2 is 1.76 bits per heavy atom. The van der Waals surface area contributed by atoms with Gasteiger partial charge < -0.3 is 10.6 Å². The highest BCUT2D eigenvalue weighted by Crippen LogP contribution is 2.09. The maximum absolute atomic E-state index is 11.8. The molecule has 0 rings (SSSR count). The van der Waals surface area contributed by atoms with Gasteiger partial charge in [-0.15, -0.1) is 6.58 Å². The van der Waals surface area contributed by atoms with E-state index in [1.807, 2.05) is 6.08 Å². The number of allylic oxidation sites excluding steroid dienone is 1. The fourth-order valence-corrected chi connectivity index (χ4v) is 2.38. The van der Waals surface area contributed by atoms with Crippen molar-refractivity contribution in [2.45, 2.75) is 63.8 Å². The summed E-state index contributed by atoms with van der Waals surface area (Å²) in [6, 6.07) is -0.459. The summed E-state index contributed by atoms with van der Waals surface area (Å²) in [6.07, 6.45) is 10.9. The summed E-state index contributed by atoms with van der Waals surface area (Å²) in [6.45, 7) is 3.70. The Morgan fingerprint density at radius 3 is 2.33 bits per heavy atom. The van der Waals surface area contributed by atoms with Crippen molar-refractivity contribution in [3.05, 3.63) is 12.7 Å². The predicted octanol–water partition coefficient (Wildman–Crippen LogP) is 2.84. The van der Waals surface area contributed by atoms with E-state index in [0.717, 1.165) is 19.3 Å². The second kappa shape index (κ2) is 14.0. The molecule has 0 aromatic heterocycles. The molecular weight excluding hydrogens is 284 g/mol. The molecule has 0 saturated heterocycles. The number of hydrogen-bond donors (Lipinski definition) is 3. The molecule has 21 heavy (non-hydrogen) atoms. The molecule has 0 heterocycles. The van der Waals surface area contributed by atoms with E-state index >= 15 is 0 Å². The van der Waals surface area contributed by atoms with Gasteiger partial charge in [-0.2, -0.15) is 12.6 Å². The molecule has 0 aliphatic heterocycles. The molecule has 5 heteroatoms. The molecular formula is C16H30N2O2S. The summed E-state index contributed by atoms with van der Waals surface area (Å²) in [4.78, 5) is 23.4. The molecule has 4 nitrogen and oxygen atoms in total. The van der Waals surface area contributed by atoms with Crippen LogP contribution in [0.5, 0.6) is 0 Å². The maximum atomic E-state index is 11.8. The van der Waals surface area contributed by atoms with Crippen LogP contribution in [0.25, 0.3) is 0 Å². The van der Waals surface area contributed by atoms with E-state index in [1.54, 1.807) is 7.05 Å². The lowest BCUT2D eigenvalue weighted by Gasteiger charge is -2.16. The Kier molecular flexibility index (Phi) is 13.3. The summed E-state index contributed by atoms with van der Waals surface area (Å²) in [5.41, 5.74) is 0. The Labute approximate surface area is 134 Å². The minimum atomic E-state index is -0.459. The highest BCUT2D eigenvalue weighted by atomic mass is 32.1. The van der Waals surface area contributed by atoms with Gasteiger partial charge in [0.15, 0.2) is 0 Å². The summed E-state index contributed by atoms with van der Waals surface area (Å²) in [7, 11) is 1.58. The molecule has 0 aliphatic carbocycles. The fourth-order valence-electron chi connectivity index (χ4n) is 2.12. The molecule has 0 aliphatic rings. The highest BCUT2D eigenvalue weighted by molar-refractivity contribution is 7.80. The predicted molar refractivity (Wildman–Crippen MR) is 91.6 cm³/mol. The van der Waals surface area contributed by atoms with Crippen molar-refractivity contribution >= 4 is 24.4 Å². The number of nitrogens with one attached hydrogen (secondary N) is 2. The lowest BCUT2D eigenvalue weighted by atomic mass is 10.1. The zero-order chi connectivity index (χ0) is 15.9. The van der Waals surface area contributed by atoms with Gasteiger partial charge in [-0.3, -0.25) is 9.59 Å². The minimum Gasteiger partial charge on any atom is -0.357 e. The van der Waals surface area contributed by atoms with Gasteiger partial charge in [-0.1, -0.05) is 31.8 Å². The molecule has 0 saturated carbocycles. The first-order valence-corrected chi connectivity index (χ1v) is 8.51. The van der Waals surface area contributed by atoms with Crippen molar-refractivity contribution in [3.8, 4) is 0 Å². The third-order valence-electron chi connectivity index (χ3n) is 3.38. The first-order valence-electron chi connectivity index (χ1n) is 7.88. The van der Waals surface area contributed by atoms with Crippen LogP contribution < -0.4 is 10.6 Å². The van der Waals surface area contributed by atoms with Gasteiger partial charge in [0.2, 0.25) is 11.8 Å². The molecule has 0 aromatic rings. The van der Waals surface area contributed by atoms with Crippen LogP contribution >= 0.6 is 12.6 Å². The van der Waals surface area contributed by atoms with Crippen molar-refractivity contribution in [3.63, 3.8) is 0 Å². The Bertz CT molecular complexity index is 309. The number of carbonyl (C=O) groups is 2. The molecule has 0 spiro atoms. The minimum absolute atomic E-state index is 0.0444. The first kappa shape index (κ1) is 20.0. The number of thiol groups is 1. The van der Waals surface area contributed by atoms with Gasteiger partial charge in [-0.05, 0) is 31.4 Å². The summed E-state index contributed by atoms with van der Waals surface area (Å²) >= 11 is 4.11. The van der Waals surface area contributed by atoms with E-state index in [2.05, 4.69) is 29.8 Å². The lowest BCUT2D eigenvalue weighted by Crippen LogP contribution is -2.45. The number of rotatable bonds is 13. The van der Waals surface area contributed by atoms with Crippen molar-refractivity contribution in [2.24, 2.45) is 0 Å². The number of unbranched alkanes of at least 4 members (excludes halogenated alkanes) is 6. The number of carbonyl (C=O) groups excluding carboxylic acids is 2. The van der Waals surface area contributed by atoms with E-state index < -0.39 is 6.04 Å². The third-order valence-corrected chi connectivity index (χ3v) is 3.64. The molecule has 2 amide bonds. The maximum Gasteiger partial charge on any atom is 0.242 e. The van der Waals surface area contributed by atoms with Gasteiger partial charge in [0.1, 0.15) is 6.04 Å². The van der Waals surface area contributed by atoms with Gasteiger partial charge in [-0.25, -0.2) is 0 Å². The normalized spacial score (nSPS) is 11.7. The first-order chi connectivity index (χ1) is 10.2. The van der Waals surface area contributed by atoms with Crippen molar-refractivity contribution < 1.29 is 9.59 Å². The van der Waals surface area contributed by atoms with Gasteiger partial charge in [0, 0.05) is 13.5 Å². The third kappa shape index (κ3) is 11.4. The van der Waals surface area contributed by atoms with Gasteiger partial charge >= 0.3 is 0 Å². The lowest BCUT2D eigenvalue weighted by molar-refractivity contribution is -0.128. The zero-order valence-electron chi connectivity index (χ0n) is 13.2.